The minimum Gasteiger partial charge on any atom is -0.477 e. The summed E-state index contributed by atoms with van der Waals surface area (Å²) in [5.74, 6) is -1.43. The topological polar surface area (TPSA) is 99.1 Å². The van der Waals surface area contributed by atoms with Crippen molar-refractivity contribution in [2.75, 3.05) is 41.0 Å². The number of carboxylic acids is 1. The van der Waals surface area contributed by atoms with E-state index in [1.54, 1.807) is 0 Å². The van der Waals surface area contributed by atoms with E-state index in [1.807, 2.05) is 21.1 Å². The van der Waals surface area contributed by atoms with E-state index in [2.05, 4.69) is 13.8 Å². The summed E-state index contributed by atoms with van der Waals surface area (Å²) in [5, 5.41) is 9.66. The van der Waals surface area contributed by atoms with Crippen LogP contribution in [0.15, 0.2) is 0 Å². The lowest BCUT2D eigenvalue weighted by Gasteiger charge is -2.31. The first-order chi connectivity index (χ1) is 30.1. The molecule has 0 bridgehead atoms. The van der Waals surface area contributed by atoms with Crippen LogP contribution in [0.1, 0.15) is 277 Å². The number of nitrogens with zero attached hydrogens (tertiary/aromatic N) is 1. The van der Waals surface area contributed by atoms with Crippen molar-refractivity contribution < 1.29 is 38.2 Å². The second kappa shape index (κ2) is 45.9. The third-order valence-corrected chi connectivity index (χ3v) is 12.8. The number of rotatable bonds is 50. The summed E-state index contributed by atoms with van der Waals surface area (Å²) in [4.78, 5) is 37.2. The minimum absolute atomic E-state index is 0.0411. The molecule has 0 aromatic rings. The molecule has 0 aliphatic carbocycles. The fourth-order valence-corrected chi connectivity index (χ4v) is 8.57. The zero-order valence-electron chi connectivity index (χ0n) is 42.1. The van der Waals surface area contributed by atoms with Crippen molar-refractivity contribution in [3.8, 4) is 0 Å². The fourth-order valence-electron chi connectivity index (χ4n) is 8.57. The maximum Gasteiger partial charge on any atom is 0.362 e. The second-order valence-electron chi connectivity index (χ2n) is 19.9. The highest BCUT2D eigenvalue weighted by atomic mass is 16.6. The molecule has 0 rings (SSSR count). The molecule has 1 N–H and O–H groups in total. The Balaban J connectivity index is 4.16. The van der Waals surface area contributed by atoms with Gasteiger partial charge >= 0.3 is 17.9 Å². The Labute approximate surface area is 385 Å². The predicted molar refractivity (Wildman–Crippen MR) is 262 cm³/mol. The molecule has 368 valence electrons. The quantitative estimate of drug-likeness (QED) is 0.0369. The van der Waals surface area contributed by atoms with Gasteiger partial charge in [0.25, 0.3) is 0 Å². The molecule has 0 radical (unpaired) electrons. The normalized spacial score (nSPS) is 12.7. The number of ether oxygens (including phenoxy) is 3. The van der Waals surface area contributed by atoms with Crippen LogP contribution in [-0.2, 0) is 28.6 Å². The van der Waals surface area contributed by atoms with Crippen molar-refractivity contribution in [1.82, 2.24) is 0 Å². The van der Waals surface area contributed by atoms with E-state index in [4.69, 9.17) is 14.2 Å². The van der Waals surface area contributed by atoms with Crippen molar-refractivity contribution in [2.24, 2.45) is 0 Å². The number of esters is 2. The minimum atomic E-state index is -0.868. The van der Waals surface area contributed by atoms with Crippen molar-refractivity contribution in [2.45, 2.75) is 289 Å². The summed E-state index contributed by atoms with van der Waals surface area (Å²) < 4.78 is 17.4. The molecule has 0 fully saturated rings. The van der Waals surface area contributed by atoms with Crippen LogP contribution in [0.2, 0.25) is 0 Å². The van der Waals surface area contributed by atoms with Crippen molar-refractivity contribution in [3.05, 3.63) is 0 Å². The highest BCUT2D eigenvalue weighted by Gasteiger charge is 2.31. The van der Waals surface area contributed by atoms with Gasteiger partial charge in [0.05, 0.1) is 34.4 Å². The number of hydrogen-bond acceptors (Lipinski definition) is 6. The number of carbonyl (C=O) groups is 3. The van der Waals surface area contributed by atoms with Gasteiger partial charge in [-0.2, -0.15) is 0 Å². The largest absolute Gasteiger partial charge is 0.477 e. The average Bonchev–Trinajstić information content (AvgIpc) is 3.23. The van der Waals surface area contributed by atoms with Crippen LogP contribution >= 0.6 is 0 Å². The predicted octanol–water partition coefficient (Wildman–Crippen LogP) is 15.7. The molecule has 0 saturated carbocycles. The molecule has 8 heteroatoms. The Morgan fingerprint density at radius 2 is 0.710 bits per heavy atom. The summed E-state index contributed by atoms with van der Waals surface area (Å²) in [6.45, 7) is 4.81. The SMILES string of the molecule is CCCCCCCCCCCCCCCCCCCCCC(=O)OCC(COCCC(C(=O)O)[N+](C)(C)C)OC(=O)CCCCCCCCCCCCCCCCCCCCC. The maximum absolute atomic E-state index is 12.8. The fraction of sp³-hybridized carbons (Fsp3) is 0.944. The molecule has 0 spiro atoms. The van der Waals surface area contributed by atoms with Crippen molar-refractivity contribution >= 4 is 17.9 Å². The first kappa shape index (κ1) is 60.3. The van der Waals surface area contributed by atoms with Gasteiger partial charge in [-0.05, 0) is 12.8 Å². The Hall–Kier alpha value is -1.67. The highest BCUT2D eigenvalue weighted by molar-refractivity contribution is 5.72. The number of carbonyl (C=O) groups excluding carboxylic acids is 2. The van der Waals surface area contributed by atoms with Crippen molar-refractivity contribution in [3.63, 3.8) is 0 Å². The monoisotopic (exact) mass is 881 g/mol. The third-order valence-electron chi connectivity index (χ3n) is 12.8. The molecule has 8 nitrogen and oxygen atoms in total. The molecule has 2 unspecified atom stereocenters. The number of quaternary nitrogens is 1. The lowest BCUT2D eigenvalue weighted by Crippen LogP contribution is -2.50. The van der Waals surface area contributed by atoms with Crippen LogP contribution in [0.25, 0.3) is 0 Å². The Morgan fingerprint density at radius 1 is 0.419 bits per heavy atom. The smallest absolute Gasteiger partial charge is 0.362 e. The van der Waals surface area contributed by atoms with Crippen LogP contribution in [-0.4, -0.2) is 80.6 Å². The summed E-state index contributed by atoms with van der Waals surface area (Å²) in [6, 6.07) is -0.609. The summed E-state index contributed by atoms with van der Waals surface area (Å²) in [6.07, 6.45) is 50.1. The molecule has 0 amide bonds. The molecule has 0 aliphatic heterocycles. The van der Waals surface area contributed by atoms with Crippen molar-refractivity contribution in [1.29, 1.82) is 0 Å². The third kappa shape index (κ3) is 43.6. The molecule has 0 saturated heterocycles. The zero-order valence-corrected chi connectivity index (χ0v) is 42.1. The number of unbranched alkanes of at least 4 members (excludes halogenated alkanes) is 36. The molecule has 62 heavy (non-hydrogen) atoms. The summed E-state index contributed by atoms with van der Waals surface area (Å²) >= 11 is 0. The van der Waals surface area contributed by atoms with Gasteiger partial charge in [0.1, 0.15) is 6.61 Å². The average molecular weight is 881 g/mol. The lowest BCUT2D eigenvalue weighted by molar-refractivity contribution is -0.887. The van der Waals surface area contributed by atoms with E-state index in [-0.39, 0.29) is 36.2 Å². The van der Waals surface area contributed by atoms with Gasteiger partial charge in [0, 0.05) is 19.3 Å². The van der Waals surface area contributed by atoms with Crippen LogP contribution in [0.3, 0.4) is 0 Å². The first-order valence-corrected chi connectivity index (χ1v) is 27.1. The van der Waals surface area contributed by atoms with Gasteiger partial charge in [0.15, 0.2) is 12.1 Å². The summed E-state index contributed by atoms with van der Waals surface area (Å²) in [7, 11) is 5.55. The Morgan fingerprint density at radius 3 is 1.00 bits per heavy atom. The first-order valence-electron chi connectivity index (χ1n) is 27.1. The number of hydrogen-bond donors (Lipinski definition) is 1. The van der Waals surface area contributed by atoms with Gasteiger partial charge in [-0.15, -0.1) is 0 Å². The number of likely N-dealkylation sites (N-methyl/N-ethyl adjacent to an activating group) is 1. The Bertz CT molecular complexity index is 982. The van der Waals surface area contributed by atoms with E-state index in [1.165, 1.54) is 205 Å². The lowest BCUT2D eigenvalue weighted by atomic mass is 10.0. The molecule has 0 aliphatic rings. The van der Waals surface area contributed by atoms with E-state index in [9.17, 15) is 19.5 Å². The zero-order chi connectivity index (χ0) is 45.6. The summed E-state index contributed by atoms with van der Waals surface area (Å²) in [5.41, 5.74) is 0. The van der Waals surface area contributed by atoms with E-state index in [0.29, 0.717) is 19.3 Å². The van der Waals surface area contributed by atoms with Gasteiger partial charge in [0.2, 0.25) is 0 Å². The van der Waals surface area contributed by atoms with Gasteiger partial charge in [-0.25, -0.2) is 4.79 Å². The molecule has 0 aromatic carbocycles. The highest BCUT2D eigenvalue weighted by Crippen LogP contribution is 2.18. The molecule has 0 heterocycles. The van der Waals surface area contributed by atoms with Crippen LogP contribution in [0, 0.1) is 0 Å². The molecule has 0 aromatic heterocycles. The number of carboxylic acid groups (broad SMARTS) is 1. The van der Waals surface area contributed by atoms with Gasteiger partial charge in [-0.3, -0.25) is 9.59 Å². The van der Waals surface area contributed by atoms with E-state index >= 15 is 0 Å². The molecular formula is C54H106NO7+. The van der Waals surface area contributed by atoms with E-state index in [0.717, 1.165) is 38.5 Å². The maximum atomic E-state index is 12.8. The van der Waals surface area contributed by atoms with Gasteiger partial charge in [-0.1, -0.05) is 245 Å². The van der Waals surface area contributed by atoms with Crippen LogP contribution in [0.4, 0.5) is 0 Å². The van der Waals surface area contributed by atoms with Crippen LogP contribution < -0.4 is 0 Å². The Kier molecular flexibility index (Phi) is 44.6. The second-order valence-corrected chi connectivity index (χ2v) is 19.9. The molecular weight excluding hydrogens is 775 g/mol. The van der Waals surface area contributed by atoms with E-state index < -0.39 is 18.1 Å². The van der Waals surface area contributed by atoms with Crippen LogP contribution in [0.5, 0.6) is 0 Å². The number of aliphatic carboxylic acids is 1. The standard InChI is InChI=1S/C54H105NO7/c1-6-8-10-12-14-16-18-20-22-24-26-28-30-32-34-36-38-40-42-44-52(56)61-49-50(48-60-47-46-51(54(58)59)55(3,4)5)62-53(57)45-43-41-39-37-35-33-31-29-27-25-23-21-19-17-15-13-11-9-7-2/h50-51H,6-49H2,1-5H3/p+1. The van der Waals surface area contributed by atoms with Gasteiger partial charge < -0.3 is 23.8 Å². The molecule has 2 atom stereocenters.